The zero-order chi connectivity index (χ0) is 24.8. The number of halogens is 2. The van der Waals surface area contributed by atoms with Gasteiger partial charge in [0.2, 0.25) is 5.95 Å². The van der Waals surface area contributed by atoms with Gasteiger partial charge in [0.25, 0.3) is 5.91 Å². The van der Waals surface area contributed by atoms with E-state index in [1.54, 1.807) is 19.9 Å². The lowest BCUT2D eigenvalue weighted by molar-refractivity contribution is -0.0136. The molecule has 0 spiro atoms. The highest BCUT2D eigenvalue weighted by Gasteiger charge is 2.40. The largest absolute Gasteiger partial charge is 0.389 e. The van der Waals surface area contributed by atoms with E-state index >= 15 is 4.39 Å². The number of aliphatic hydroxyl groups is 2. The van der Waals surface area contributed by atoms with Gasteiger partial charge in [0, 0.05) is 30.7 Å². The lowest BCUT2D eigenvalue weighted by Crippen LogP contribution is -2.51. The molecule has 1 amide bonds. The van der Waals surface area contributed by atoms with Crippen molar-refractivity contribution in [2.75, 3.05) is 31.6 Å². The van der Waals surface area contributed by atoms with Gasteiger partial charge >= 0.3 is 0 Å². The van der Waals surface area contributed by atoms with E-state index in [0.717, 1.165) is 0 Å². The number of nitrogens with one attached hydrogen (secondary N) is 1. The fourth-order valence-electron chi connectivity index (χ4n) is 4.58. The Labute approximate surface area is 203 Å². The number of hydrogen-bond donors (Lipinski definition) is 3. The minimum absolute atomic E-state index is 0.00175. The normalized spacial score (nSPS) is 22.5. The van der Waals surface area contributed by atoms with Gasteiger partial charge < -0.3 is 25.2 Å². The average molecular weight is 493 g/mol. The van der Waals surface area contributed by atoms with Crippen molar-refractivity contribution in [3.8, 4) is 11.3 Å². The third-order valence-electron chi connectivity index (χ3n) is 6.14. The summed E-state index contributed by atoms with van der Waals surface area (Å²) in [4.78, 5) is 23.3. The predicted molar refractivity (Wildman–Crippen MR) is 127 cm³/mol. The number of rotatable bonds is 5. The molecule has 1 saturated heterocycles. The number of aromatic nitrogens is 2. The summed E-state index contributed by atoms with van der Waals surface area (Å²) in [5.41, 5.74) is -0.365. The Morgan fingerprint density at radius 3 is 2.79 bits per heavy atom. The Balaban J connectivity index is 1.71. The van der Waals surface area contributed by atoms with E-state index in [1.807, 2.05) is 13.8 Å². The van der Waals surface area contributed by atoms with E-state index in [2.05, 4.69) is 15.3 Å². The molecule has 34 heavy (non-hydrogen) atoms. The number of fused-ring (bicyclic) bond motifs is 1. The number of amides is 1. The summed E-state index contributed by atoms with van der Waals surface area (Å²) in [6.07, 6.45) is 1.32. The van der Waals surface area contributed by atoms with Gasteiger partial charge in [-0.15, -0.1) is 0 Å². The second kappa shape index (κ2) is 9.03. The second-order valence-electron chi connectivity index (χ2n) is 10.3. The summed E-state index contributed by atoms with van der Waals surface area (Å²) in [7, 11) is 0. The van der Waals surface area contributed by atoms with Crippen molar-refractivity contribution in [1.82, 2.24) is 14.9 Å². The Hall–Kier alpha value is -2.33. The number of β-amino-alcohol motifs (C(OH)–C–C–N with tert-alkyl or cyclic N) is 1. The molecule has 1 aromatic carbocycles. The van der Waals surface area contributed by atoms with Crippen molar-refractivity contribution in [3.63, 3.8) is 0 Å². The quantitative estimate of drug-likeness (QED) is 0.588. The molecule has 4 rings (SSSR count). The number of anilines is 1. The van der Waals surface area contributed by atoms with Gasteiger partial charge in [-0.25, -0.2) is 14.4 Å². The minimum atomic E-state index is -1.10. The number of nitrogens with zero attached hydrogens (tertiary/aromatic N) is 3. The fraction of sp³-hybridized carbons (Fsp3) is 0.542. The summed E-state index contributed by atoms with van der Waals surface area (Å²) >= 11 is 6.39. The Kier molecular flexibility index (Phi) is 6.58. The topological polar surface area (TPSA) is 108 Å². The van der Waals surface area contributed by atoms with E-state index in [0.29, 0.717) is 36.4 Å². The molecule has 1 fully saturated rings. The van der Waals surface area contributed by atoms with E-state index < -0.39 is 28.8 Å². The van der Waals surface area contributed by atoms with Crippen LogP contribution in [0.15, 0.2) is 18.3 Å². The Morgan fingerprint density at radius 1 is 1.38 bits per heavy atom. The van der Waals surface area contributed by atoms with Gasteiger partial charge in [0.05, 0.1) is 46.8 Å². The molecule has 2 atom stereocenters. The molecule has 3 heterocycles. The van der Waals surface area contributed by atoms with Crippen LogP contribution in [-0.4, -0.2) is 75.0 Å². The first-order valence-electron chi connectivity index (χ1n) is 11.3. The number of ether oxygens (including phenoxy) is 1. The molecule has 0 unspecified atom stereocenters. The van der Waals surface area contributed by atoms with E-state index in [-0.39, 0.29) is 35.7 Å². The van der Waals surface area contributed by atoms with Crippen LogP contribution < -0.4 is 5.32 Å². The van der Waals surface area contributed by atoms with Crippen molar-refractivity contribution in [3.05, 3.63) is 40.3 Å². The van der Waals surface area contributed by atoms with Gasteiger partial charge in [-0.1, -0.05) is 25.4 Å². The highest BCUT2D eigenvalue weighted by atomic mass is 35.5. The first-order valence-corrected chi connectivity index (χ1v) is 11.6. The molecular weight excluding hydrogens is 463 g/mol. The maximum atomic E-state index is 15.4. The average Bonchev–Trinajstić information content (AvgIpc) is 2.73. The summed E-state index contributed by atoms with van der Waals surface area (Å²) in [6, 6.07) is 2.72. The van der Waals surface area contributed by atoms with Crippen LogP contribution in [-0.2, 0) is 10.2 Å². The zero-order valence-electron chi connectivity index (χ0n) is 19.7. The maximum Gasteiger partial charge on any atom is 0.257 e. The van der Waals surface area contributed by atoms with Crippen molar-refractivity contribution in [2.24, 2.45) is 0 Å². The van der Waals surface area contributed by atoms with Crippen LogP contribution in [0.25, 0.3) is 11.3 Å². The zero-order valence-corrected chi connectivity index (χ0v) is 20.5. The van der Waals surface area contributed by atoms with E-state index in [9.17, 15) is 15.0 Å². The molecular formula is C24H30ClFN4O4. The third-order valence-corrected chi connectivity index (χ3v) is 6.42. The summed E-state index contributed by atoms with van der Waals surface area (Å²) in [5.74, 6) is -0.865. The molecule has 0 radical (unpaired) electrons. The molecule has 0 saturated carbocycles. The monoisotopic (exact) mass is 492 g/mol. The molecule has 184 valence electrons. The summed E-state index contributed by atoms with van der Waals surface area (Å²) < 4.78 is 20.7. The molecule has 3 N–H and O–H groups in total. The minimum Gasteiger partial charge on any atom is -0.389 e. The van der Waals surface area contributed by atoms with Crippen molar-refractivity contribution in [1.29, 1.82) is 0 Å². The van der Waals surface area contributed by atoms with Crippen molar-refractivity contribution >= 4 is 23.5 Å². The van der Waals surface area contributed by atoms with Crippen LogP contribution in [0.1, 0.15) is 50.0 Å². The smallest absolute Gasteiger partial charge is 0.257 e. The predicted octanol–water partition coefficient (Wildman–Crippen LogP) is 3.00. The van der Waals surface area contributed by atoms with Gasteiger partial charge in [0.1, 0.15) is 5.82 Å². The van der Waals surface area contributed by atoms with E-state index in [4.69, 9.17) is 16.3 Å². The highest BCUT2D eigenvalue weighted by Crippen LogP contribution is 2.39. The second-order valence-corrected chi connectivity index (χ2v) is 10.7. The van der Waals surface area contributed by atoms with E-state index in [1.165, 1.54) is 17.2 Å². The standard InChI is InChI=1S/C24H30ClFN4O4/c1-23(2)11-30(12-24(3,4)33)21(32)19-14(23)7-13(8-16(19)26)20-15(25)9-27-22(29-20)28-17-5-6-34-10-18(17)31/h7-9,17-18,31,33H,5-6,10-12H2,1-4H3,(H,27,28,29)/t17-,18-/m1/s1. The molecule has 2 aliphatic rings. The molecule has 2 aromatic rings. The molecule has 10 heteroatoms. The number of carbonyl (C=O) groups is 1. The van der Waals surface area contributed by atoms with Crippen LogP contribution in [0.2, 0.25) is 5.02 Å². The first kappa shape index (κ1) is 24.8. The van der Waals surface area contributed by atoms with Crippen LogP contribution in [0, 0.1) is 5.82 Å². The van der Waals surface area contributed by atoms with Gasteiger partial charge in [0.15, 0.2) is 0 Å². The first-order chi connectivity index (χ1) is 15.9. The molecule has 2 aliphatic heterocycles. The molecule has 0 aliphatic carbocycles. The lowest BCUT2D eigenvalue weighted by Gasteiger charge is -2.41. The fourth-order valence-corrected chi connectivity index (χ4v) is 4.78. The third kappa shape index (κ3) is 5.02. The lowest BCUT2D eigenvalue weighted by atomic mass is 9.76. The molecule has 8 nitrogen and oxygen atoms in total. The SMILES string of the molecule is CC(C)(O)CN1CC(C)(C)c2cc(-c3nc(N[C@@H]4CCOC[C@H]4O)ncc3Cl)cc(F)c2C1=O. The van der Waals surface area contributed by atoms with Crippen LogP contribution in [0.3, 0.4) is 0 Å². The molecule has 0 bridgehead atoms. The Morgan fingerprint density at radius 2 is 2.12 bits per heavy atom. The maximum absolute atomic E-state index is 15.4. The highest BCUT2D eigenvalue weighted by molar-refractivity contribution is 6.32. The van der Waals surface area contributed by atoms with Crippen molar-refractivity contribution < 1.29 is 24.1 Å². The van der Waals surface area contributed by atoms with Crippen LogP contribution in [0.4, 0.5) is 10.3 Å². The van der Waals surface area contributed by atoms with Gasteiger partial charge in [-0.3, -0.25) is 4.79 Å². The van der Waals surface area contributed by atoms with Crippen LogP contribution in [0.5, 0.6) is 0 Å². The van der Waals surface area contributed by atoms with Gasteiger partial charge in [-0.05, 0) is 38.0 Å². The van der Waals surface area contributed by atoms with Crippen LogP contribution >= 0.6 is 11.6 Å². The summed E-state index contributed by atoms with van der Waals surface area (Å²) in [5, 5.41) is 23.7. The number of carbonyl (C=O) groups excluding carboxylic acids is 1. The molecule has 1 aromatic heterocycles. The summed E-state index contributed by atoms with van der Waals surface area (Å²) in [6.45, 7) is 8.26. The number of benzene rings is 1. The van der Waals surface area contributed by atoms with Gasteiger partial charge in [-0.2, -0.15) is 0 Å². The number of hydrogen-bond acceptors (Lipinski definition) is 7. The van der Waals surface area contributed by atoms with Crippen molar-refractivity contribution in [2.45, 2.75) is 57.3 Å². The Bertz CT molecular complexity index is 1110. The number of aliphatic hydroxyl groups excluding tert-OH is 1.